The summed E-state index contributed by atoms with van der Waals surface area (Å²) in [5, 5.41) is 13.2. The van der Waals surface area contributed by atoms with E-state index in [1.165, 1.54) is 4.88 Å². The van der Waals surface area contributed by atoms with Gasteiger partial charge in [0.1, 0.15) is 16.5 Å². The van der Waals surface area contributed by atoms with E-state index >= 15 is 0 Å². The third-order valence-corrected chi connectivity index (χ3v) is 5.85. The Morgan fingerprint density at radius 3 is 2.56 bits per heavy atom. The van der Waals surface area contributed by atoms with Crippen LogP contribution < -0.4 is 5.32 Å². The predicted octanol–water partition coefficient (Wildman–Crippen LogP) is 2.35. The molecule has 0 atom stereocenters. The van der Waals surface area contributed by atoms with Crippen molar-refractivity contribution in [3.8, 4) is 0 Å². The number of carbonyl (C=O) groups is 2. The van der Waals surface area contributed by atoms with Gasteiger partial charge in [-0.1, -0.05) is 0 Å². The topological polar surface area (TPSA) is 95.4 Å². The van der Waals surface area contributed by atoms with E-state index < -0.39 is 5.97 Å². The molecule has 1 saturated heterocycles. The molecule has 7 nitrogen and oxygen atoms in total. The number of carboxylic acid groups (broad SMARTS) is 1. The molecule has 0 unspecified atom stereocenters. The summed E-state index contributed by atoms with van der Waals surface area (Å²) in [6.45, 7) is 7.07. The van der Waals surface area contributed by atoms with Gasteiger partial charge in [-0.3, -0.25) is 9.59 Å². The first kappa shape index (κ1) is 17.6. The van der Waals surface area contributed by atoms with Crippen molar-refractivity contribution in [3.05, 3.63) is 16.3 Å². The van der Waals surface area contributed by atoms with Gasteiger partial charge in [0, 0.05) is 18.0 Å². The molecule has 0 radical (unpaired) electrons. The standard InChI is InChI=1S/C17H22N4O3S/c1-9-10(2)25-16-14(9)15(19-11(3)20-16)18-8-13(22)21-6-4-12(5-7-21)17(23)24/h12H,4-8H2,1-3H3,(H,23,24)(H,18,19,20). The molecule has 2 aromatic rings. The number of nitrogens with one attached hydrogen (secondary N) is 1. The number of nitrogens with zero attached hydrogens (tertiary/aromatic N) is 3. The van der Waals surface area contributed by atoms with E-state index in [-0.39, 0.29) is 18.4 Å². The highest BCUT2D eigenvalue weighted by Crippen LogP contribution is 2.33. The second-order valence-corrected chi connectivity index (χ2v) is 7.63. The molecule has 1 aliphatic heterocycles. The highest BCUT2D eigenvalue weighted by Gasteiger charge is 2.27. The molecule has 3 rings (SSSR count). The van der Waals surface area contributed by atoms with Gasteiger partial charge < -0.3 is 15.3 Å². The molecule has 0 bridgehead atoms. The van der Waals surface area contributed by atoms with Crippen molar-refractivity contribution in [2.24, 2.45) is 5.92 Å². The zero-order valence-electron chi connectivity index (χ0n) is 14.6. The maximum Gasteiger partial charge on any atom is 0.306 e. The summed E-state index contributed by atoms with van der Waals surface area (Å²) in [7, 11) is 0. The van der Waals surface area contributed by atoms with Crippen molar-refractivity contribution >= 4 is 39.2 Å². The van der Waals surface area contributed by atoms with Gasteiger partial charge in [0.15, 0.2) is 0 Å². The molecule has 2 N–H and O–H groups in total. The zero-order chi connectivity index (χ0) is 18.1. The van der Waals surface area contributed by atoms with Crippen LogP contribution in [-0.4, -0.2) is 51.5 Å². The summed E-state index contributed by atoms with van der Waals surface area (Å²) in [6.07, 6.45) is 1.03. The van der Waals surface area contributed by atoms with E-state index in [1.807, 2.05) is 13.8 Å². The molecular weight excluding hydrogens is 340 g/mol. The maximum atomic E-state index is 12.4. The molecule has 134 valence electrons. The van der Waals surface area contributed by atoms with Gasteiger partial charge in [-0.15, -0.1) is 11.3 Å². The SMILES string of the molecule is Cc1nc(NCC(=O)N2CCC(C(=O)O)CC2)c2c(C)c(C)sc2n1. The highest BCUT2D eigenvalue weighted by atomic mass is 32.1. The minimum Gasteiger partial charge on any atom is -0.481 e. The summed E-state index contributed by atoms with van der Waals surface area (Å²) in [4.78, 5) is 36.2. The fourth-order valence-corrected chi connectivity index (χ4v) is 4.21. The number of thiophene rings is 1. The van der Waals surface area contributed by atoms with Crippen molar-refractivity contribution in [1.82, 2.24) is 14.9 Å². The number of hydrogen-bond acceptors (Lipinski definition) is 6. The third kappa shape index (κ3) is 3.58. The van der Waals surface area contributed by atoms with Crippen LogP contribution in [0.5, 0.6) is 0 Å². The lowest BCUT2D eigenvalue weighted by molar-refractivity contribution is -0.145. The fraction of sp³-hybridized carbons (Fsp3) is 0.529. The Morgan fingerprint density at radius 1 is 1.24 bits per heavy atom. The normalized spacial score (nSPS) is 15.6. The molecule has 25 heavy (non-hydrogen) atoms. The average Bonchev–Trinajstić information content (AvgIpc) is 2.86. The largest absolute Gasteiger partial charge is 0.481 e. The summed E-state index contributed by atoms with van der Waals surface area (Å²) in [5.74, 6) is 0.229. The molecule has 2 aromatic heterocycles. The van der Waals surface area contributed by atoms with E-state index in [0.29, 0.717) is 37.6 Å². The van der Waals surface area contributed by atoms with Gasteiger partial charge in [-0.25, -0.2) is 9.97 Å². The van der Waals surface area contributed by atoms with Crippen LogP contribution in [0, 0.1) is 26.7 Å². The van der Waals surface area contributed by atoms with E-state index in [2.05, 4.69) is 22.2 Å². The molecule has 1 fully saturated rings. The number of carboxylic acids is 1. The second-order valence-electron chi connectivity index (χ2n) is 6.43. The summed E-state index contributed by atoms with van der Waals surface area (Å²) in [6, 6.07) is 0. The number of rotatable bonds is 4. The van der Waals surface area contributed by atoms with Crippen LogP contribution in [0.3, 0.4) is 0 Å². The number of fused-ring (bicyclic) bond motifs is 1. The molecule has 0 aromatic carbocycles. The highest BCUT2D eigenvalue weighted by molar-refractivity contribution is 7.18. The van der Waals surface area contributed by atoms with Gasteiger partial charge in [-0.2, -0.15) is 0 Å². The Balaban J connectivity index is 1.69. The quantitative estimate of drug-likeness (QED) is 0.867. The van der Waals surface area contributed by atoms with Gasteiger partial charge in [-0.05, 0) is 39.2 Å². The Morgan fingerprint density at radius 2 is 1.92 bits per heavy atom. The van der Waals surface area contributed by atoms with E-state index in [4.69, 9.17) is 5.11 Å². The molecule has 1 amide bonds. The number of piperidine rings is 1. The molecule has 8 heteroatoms. The molecule has 1 aliphatic rings. The van der Waals surface area contributed by atoms with Gasteiger partial charge in [0.25, 0.3) is 0 Å². The lowest BCUT2D eigenvalue weighted by Crippen LogP contribution is -2.42. The van der Waals surface area contributed by atoms with E-state index in [9.17, 15) is 9.59 Å². The number of anilines is 1. The molecule has 0 aliphatic carbocycles. The van der Waals surface area contributed by atoms with Crippen LogP contribution >= 0.6 is 11.3 Å². The number of amides is 1. The van der Waals surface area contributed by atoms with Crippen LogP contribution in [0.2, 0.25) is 0 Å². The number of aryl methyl sites for hydroxylation is 3. The smallest absolute Gasteiger partial charge is 0.306 e. The lowest BCUT2D eigenvalue weighted by Gasteiger charge is -2.30. The lowest BCUT2D eigenvalue weighted by atomic mass is 9.97. The summed E-state index contributed by atoms with van der Waals surface area (Å²) < 4.78 is 0. The predicted molar refractivity (Wildman–Crippen MR) is 97.1 cm³/mol. The Labute approximate surface area is 150 Å². The van der Waals surface area contributed by atoms with Crippen LogP contribution in [0.15, 0.2) is 0 Å². The van der Waals surface area contributed by atoms with Crippen molar-refractivity contribution in [2.75, 3.05) is 25.0 Å². The van der Waals surface area contributed by atoms with Crippen molar-refractivity contribution in [3.63, 3.8) is 0 Å². The summed E-state index contributed by atoms with van der Waals surface area (Å²) in [5.41, 5.74) is 1.14. The third-order valence-electron chi connectivity index (χ3n) is 4.74. The second kappa shape index (κ2) is 6.95. The number of aliphatic carboxylic acids is 1. The Bertz CT molecular complexity index is 825. The minimum atomic E-state index is -0.771. The van der Waals surface area contributed by atoms with Crippen LogP contribution in [0.25, 0.3) is 10.2 Å². The van der Waals surface area contributed by atoms with E-state index in [0.717, 1.165) is 15.8 Å². The number of hydrogen-bond donors (Lipinski definition) is 2. The van der Waals surface area contributed by atoms with Gasteiger partial charge >= 0.3 is 5.97 Å². The van der Waals surface area contributed by atoms with Crippen molar-refractivity contribution < 1.29 is 14.7 Å². The molecule has 0 saturated carbocycles. The summed E-state index contributed by atoms with van der Waals surface area (Å²) >= 11 is 1.63. The molecule has 0 spiro atoms. The number of carbonyl (C=O) groups excluding carboxylic acids is 1. The van der Waals surface area contributed by atoms with Crippen LogP contribution in [0.4, 0.5) is 5.82 Å². The molecule has 3 heterocycles. The Kier molecular flexibility index (Phi) is 4.89. The molecular formula is C17H22N4O3S. The van der Waals surface area contributed by atoms with Crippen LogP contribution in [-0.2, 0) is 9.59 Å². The van der Waals surface area contributed by atoms with E-state index in [1.54, 1.807) is 16.2 Å². The first-order chi connectivity index (χ1) is 11.9. The fourth-order valence-electron chi connectivity index (χ4n) is 3.13. The average molecular weight is 362 g/mol. The first-order valence-electron chi connectivity index (χ1n) is 8.35. The minimum absolute atomic E-state index is 0.0298. The maximum absolute atomic E-state index is 12.4. The van der Waals surface area contributed by atoms with Crippen molar-refractivity contribution in [2.45, 2.75) is 33.6 Å². The van der Waals surface area contributed by atoms with Crippen LogP contribution in [0.1, 0.15) is 29.1 Å². The monoisotopic (exact) mass is 362 g/mol. The van der Waals surface area contributed by atoms with Crippen molar-refractivity contribution in [1.29, 1.82) is 0 Å². The first-order valence-corrected chi connectivity index (χ1v) is 9.17. The van der Waals surface area contributed by atoms with Gasteiger partial charge in [0.05, 0.1) is 17.8 Å². The number of likely N-dealkylation sites (tertiary alicyclic amines) is 1. The Hall–Kier alpha value is -2.22. The zero-order valence-corrected chi connectivity index (χ0v) is 15.4. The van der Waals surface area contributed by atoms with Gasteiger partial charge in [0.2, 0.25) is 5.91 Å². The number of aromatic nitrogens is 2.